The summed E-state index contributed by atoms with van der Waals surface area (Å²) in [5.41, 5.74) is 2.34. The van der Waals surface area contributed by atoms with Crippen molar-refractivity contribution in [3.8, 4) is 11.5 Å². The van der Waals surface area contributed by atoms with E-state index in [0.29, 0.717) is 6.04 Å². The second-order valence-corrected chi connectivity index (χ2v) is 5.47. The SMILES string of the molecule is Cc1ccc(Oc2ccnc(C3CCCN3C)c2)cc1. The summed E-state index contributed by atoms with van der Waals surface area (Å²) in [5.74, 6) is 1.73. The number of rotatable bonds is 3. The first kappa shape index (κ1) is 13.1. The van der Waals surface area contributed by atoms with Crippen LogP contribution in [0.1, 0.15) is 30.1 Å². The fraction of sp³-hybridized carbons (Fsp3) is 0.353. The molecule has 1 aromatic carbocycles. The van der Waals surface area contributed by atoms with E-state index in [2.05, 4.69) is 42.1 Å². The van der Waals surface area contributed by atoms with Gasteiger partial charge >= 0.3 is 0 Å². The molecule has 3 nitrogen and oxygen atoms in total. The Kier molecular flexibility index (Phi) is 3.70. The summed E-state index contributed by atoms with van der Waals surface area (Å²) in [6.45, 7) is 3.22. The lowest BCUT2D eigenvalue weighted by molar-refractivity contribution is 0.311. The van der Waals surface area contributed by atoms with E-state index >= 15 is 0 Å². The van der Waals surface area contributed by atoms with Gasteiger partial charge in [0.25, 0.3) is 0 Å². The highest BCUT2D eigenvalue weighted by molar-refractivity contribution is 5.33. The van der Waals surface area contributed by atoms with Gasteiger partial charge < -0.3 is 4.74 Å². The van der Waals surface area contributed by atoms with Gasteiger partial charge in [0.15, 0.2) is 0 Å². The Morgan fingerprint density at radius 2 is 1.95 bits per heavy atom. The Balaban J connectivity index is 1.79. The van der Waals surface area contributed by atoms with E-state index in [-0.39, 0.29) is 0 Å². The van der Waals surface area contributed by atoms with E-state index in [4.69, 9.17) is 4.74 Å². The average Bonchev–Trinajstić information content (AvgIpc) is 2.88. The lowest BCUT2D eigenvalue weighted by atomic mass is 10.1. The second kappa shape index (κ2) is 5.63. The molecule has 0 amide bonds. The average molecular weight is 268 g/mol. The molecular formula is C17H20N2O. The smallest absolute Gasteiger partial charge is 0.130 e. The molecule has 0 bridgehead atoms. The number of nitrogens with zero attached hydrogens (tertiary/aromatic N) is 2. The Hall–Kier alpha value is -1.87. The topological polar surface area (TPSA) is 25.4 Å². The molecule has 1 saturated heterocycles. The first-order valence-electron chi connectivity index (χ1n) is 7.13. The van der Waals surface area contributed by atoms with Crippen LogP contribution in [-0.4, -0.2) is 23.5 Å². The Labute approximate surface area is 120 Å². The van der Waals surface area contributed by atoms with Gasteiger partial charge in [-0.3, -0.25) is 9.88 Å². The number of aromatic nitrogens is 1. The molecule has 1 unspecified atom stereocenters. The zero-order chi connectivity index (χ0) is 13.9. The highest BCUT2D eigenvalue weighted by atomic mass is 16.5. The van der Waals surface area contributed by atoms with Crippen LogP contribution in [0.2, 0.25) is 0 Å². The van der Waals surface area contributed by atoms with Crippen molar-refractivity contribution in [2.24, 2.45) is 0 Å². The summed E-state index contributed by atoms with van der Waals surface area (Å²) in [5, 5.41) is 0. The van der Waals surface area contributed by atoms with E-state index in [0.717, 1.165) is 23.7 Å². The third kappa shape index (κ3) is 2.83. The van der Waals surface area contributed by atoms with E-state index in [1.54, 1.807) is 0 Å². The molecule has 0 N–H and O–H groups in total. The molecule has 3 rings (SSSR count). The van der Waals surface area contributed by atoms with Gasteiger partial charge in [-0.05, 0) is 51.6 Å². The maximum atomic E-state index is 5.91. The van der Waals surface area contributed by atoms with Crippen LogP contribution in [0, 0.1) is 6.92 Å². The summed E-state index contributed by atoms with van der Waals surface area (Å²) < 4.78 is 5.91. The number of ether oxygens (including phenoxy) is 1. The van der Waals surface area contributed by atoms with Crippen LogP contribution < -0.4 is 4.74 Å². The molecule has 20 heavy (non-hydrogen) atoms. The molecule has 104 valence electrons. The molecule has 1 fully saturated rings. The predicted octanol–water partition coefficient (Wildman–Crippen LogP) is 3.95. The van der Waals surface area contributed by atoms with Crippen LogP contribution in [0.5, 0.6) is 11.5 Å². The number of benzene rings is 1. The van der Waals surface area contributed by atoms with Crippen LogP contribution in [0.3, 0.4) is 0 Å². The molecule has 3 heteroatoms. The number of hydrogen-bond donors (Lipinski definition) is 0. The van der Waals surface area contributed by atoms with Gasteiger partial charge in [-0.15, -0.1) is 0 Å². The summed E-state index contributed by atoms with van der Waals surface area (Å²) >= 11 is 0. The first-order valence-corrected chi connectivity index (χ1v) is 7.13. The van der Waals surface area contributed by atoms with Crippen LogP contribution in [0.25, 0.3) is 0 Å². The lowest BCUT2D eigenvalue weighted by Gasteiger charge is -2.19. The van der Waals surface area contributed by atoms with Crippen molar-refractivity contribution in [1.82, 2.24) is 9.88 Å². The number of aryl methyl sites for hydroxylation is 1. The van der Waals surface area contributed by atoms with Crippen molar-refractivity contribution >= 4 is 0 Å². The number of likely N-dealkylation sites (tertiary alicyclic amines) is 1. The van der Waals surface area contributed by atoms with Crippen molar-refractivity contribution in [2.75, 3.05) is 13.6 Å². The van der Waals surface area contributed by atoms with Crippen LogP contribution >= 0.6 is 0 Å². The number of pyridine rings is 1. The summed E-state index contributed by atoms with van der Waals surface area (Å²) in [7, 11) is 2.16. The van der Waals surface area contributed by atoms with Gasteiger partial charge in [0.2, 0.25) is 0 Å². The minimum atomic E-state index is 0.427. The Morgan fingerprint density at radius 1 is 1.15 bits per heavy atom. The third-order valence-corrected chi connectivity index (χ3v) is 3.87. The van der Waals surface area contributed by atoms with Gasteiger partial charge in [-0.2, -0.15) is 0 Å². The maximum Gasteiger partial charge on any atom is 0.130 e. The first-order chi connectivity index (χ1) is 9.72. The lowest BCUT2D eigenvalue weighted by Crippen LogP contribution is -2.18. The van der Waals surface area contributed by atoms with E-state index < -0.39 is 0 Å². The van der Waals surface area contributed by atoms with Crippen LogP contribution in [-0.2, 0) is 0 Å². The molecule has 0 saturated carbocycles. The molecule has 0 radical (unpaired) electrons. The van der Waals surface area contributed by atoms with Gasteiger partial charge in [0.05, 0.1) is 11.7 Å². The van der Waals surface area contributed by atoms with Crippen molar-refractivity contribution in [3.63, 3.8) is 0 Å². The summed E-state index contributed by atoms with van der Waals surface area (Å²) in [4.78, 5) is 6.87. The van der Waals surface area contributed by atoms with Gasteiger partial charge in [-0.25, -0.2) is 0 Å². The van der Waals surface area contributed by atoms with E-state index in [9.17, 15) is 0 Å². The summed E-state index contributed by atoms with van der Waals surface area (Å²) in [6.07, 6.45) is 4.26. The van der Waals surface area contributed by atoms with Gasteiger partial charge in [0, 0.05) is 12.3 Å². The molecule has 1 aromatic heterocycles. The normalized spacial score (nSPS) is 19.2. The third-order valence-electron chi connectivity index (χ3n) is 3.87. The molecule has 2 aromatic rings. The monoisotopic (exact) mass is 268 g/mol. The minimum absolute atomic E-state index is 0.427. The highest BCUT2D eigenvalue weighted by Crippen LogP contribution is 2.31. The second-order valence-electron chi connectivity index (χ2n) is 5.47. The Bertz CT molecular complexity index is 580. The standard InChI is InChI=1S/C17H20N2O/c1-13-5-7-14(8-6-13)20-15-9-10-18-16(12-15)17-4-3-11-19(17)2/h5-10,12,17H,3-4,11H2,1-2H3. The number of hydrogen-bond acceptors (Lipinski definition) is 3. The van der Waals surface area contributed by atoms with Gasteiger partial charge in [-0.1, -0.05) is 17.7 Å². The molecule has 1 aliphatic rings. The van der Waals surface area contributed by atoms with Crippen molar-refractivity contribution in [3.05, 3.63) is 53.9 Å². The van der Waals surface area contributed by atoms with Crippen LogP contribution in [0.4, 0.5) is 0 Å². The quantitative estimate of drug-likeness (QED) is 0.842. The largest absolute Gasteiger partial charge is 0.457 e. The maximum absolute atomic E-state index is 5.91. The molecule has 0 spiro atoms. The fourth-order valence-electron chi connectivity index (χ4n) is 2.70. The summed E-state index contributed by atoms with van der Waals surface area (Å²) in [6, 6.07) is 12.5. The molecule has 0 aliphatic carbocycles. The van der Waals surface area contributed by atoms with Crippen molar-refractivity contribution in [2.45, 2.75) is 25.8 Å². The van der Waals surface area contributed by atoms with E-state index in [1.807, 2.05) is 24.4 Å². The highest BCUT2D eigenvalue weighted by Gasteiger charge is 2.23. The van der Waals surface area contributed by atoms with Crippen LogP contribution in [0.15, 0.2) is 42.6 Å². The molecule has 1 atom stereocenters. The minimum Gasteiger partial charge on any atom is -0.457 e. The molecular weight excluding hydrogens is 248 g/mol. The van der Waals surface area contributed by atoms with Crippen molar-refractivity contribution < 1.29 is 4.74 Å². The zero-order valence-electron chi connectivity index (χ0n) is 12.0. The molecule has 1 aliphatic heterocycles. The van der Waals surface area contributed by atoms with E-state index in [1.165, 1.54) is 18.4 Å². The Morgan fingerprint density at radius 3 is 2.65 bits per heavy atom. The fourth-order valence-corrected chi connectivity index (χ4v) is 2.70. The molecule has 2 heterocycles. The zero-order valence-corrected chi connectivity index (χ0v) is 12.0. The predicted molar refractivity (Wildman–Crippen MR) is 80.1 cm³/mol. The van der Waals surface area contributed by atoms with Gasteiger partial charge in [0.1, 0.15) is 11.5 Å². The van der Waals surface area contributed by atoms with Crippen molar-refractivity contribution in [1.29, 1.82) is 0 Å².